The fourth-order valence-electron chi connectivity index (χ4n) is 1.90. The first-order valence-electron chi connectivity index (χ1n) is 5.55. The van der Waals surface area contributed by atoms with Crippen molar-refractivity contribution in [3.05, 3.63) is 27.9 Å². The summed E-state index contributed by atoms with van der Waals surface area (Å²) in [4.78, 5) is 19.6. The van der Waals surface area contributed by atoms with Crippen LogP contribution in [0.1, 0.15) is 25.1 Å². The summed E-state index contributed by atoms with van der Waals surface area (Å²) in [5.41, 5.74) is 2.77. The van der Waals surface area contributed by atoms with Gasteiger partial charge < -0.3 is 4.98 Å². The summed E-state index contributed by atoms with van der Waals surface area (Å²) in [6.07, 6.45) is 1.63. The molecule has 0 radical (unpaired) electrons. The van der Waals surface area contributed by atoms with Crippen LogP contribution in [0.2, 0.25) is 0 Å². The molecule has 0 aliphatic rings. The zero-order valence-corrected chi connectivity index (χ0v) is 10.2. The Hall–Kier alpha value is -1.58. The number of aromatic amines is 1. The third-order valence-corrected chi connectivity index (χ3v) is 2.84. The molecule has 0 amide bonds. The first-order valence-corrected chi connectivity index (χ1v) is 5.55. The fourth-order valence-corrected chi connectivity index (χ4v) is 1.90. The van der Waals surface area contributed by atoms with Gasteiger partial charge >= 0.3 is 0 Å². The number of aromatic nitrogens is 3. The predicted molar refractivity (Wildman–Crippen MR) is 64.7 cm³/mol. The van der Waals surface area contributed by atoms with Crippen molar-refractivity contribution in [2.75, 3.05) is 0 Å². The Kier molecular flexibility index (Phi) is 2.58. The van der Waals surface area contributed by atoms with E-state index in [1.165, 1.54) is 0 Å². The molecule has 0 spiro atoms. The third kappa shape index (κ3) is 1.64. The van der Waals surface area contributed by atoms with Crippen molar-refractivity contribution in [3.8, 4) is 0 Å². The van der Waals surface area contributed by atoms with E-state index in [4.69, 9.17) is 0 Å². The van der Waals surface area contributed by atoms with Crippen LogP contribution < -0.4 is 5.56 Å². The standard InChI is InChI=1S/C12H17N3O/c1-7(2)5-15-6-13-11-10(12(15)16)8(3)9(4)14-11/h6-7,14H,5H2,1-4H3. The third-order valence-electron chi connectivity index (χ3n) is 2.84. The molecule has 0 fully saturated rings. The molecule has 4 nitrogen and oxygen atoms in total. The Morgan fingerprint density at radius 1 is 1.44 bits per heavy atom. The number of H-pyrrole nitrogens is 1. The lowest BCUT2D eigenvalue weighted by molar-refractivity contribution is 0.508. The Morgan fingerprint density at radius 2 is 2.12 bits per heavy atom. The molecule has 16 heavy (non-hydrogen) atoms. The van der Waals surface area contributed by atoms with Gasteiger partial charge in [-0.15, -0.1) is 0 Å². The molecule has 0 aromatic carbocycles. The molecule has 4 heteroatoms. The number of aryl methyl sites for hydroxylation is 2. The Balaban J connectivity index is 2.69. The molecule has 2 aromatic rings. The van der Waals surface area contributed by atoms with Crippen molar-refractivity contribution >= 4 is 11.0 Å². The van der Waals surface area contributed by atoms with E-state index < -0.39 is 0 Å². The summed E-state index contributed by atoms with van der Waals surface area (Å²) >= 11 is 0. The molecule has 0 atom stereocenters. The molecule has 0 aliphatic heterocycles. The van der Waals surface area contributed by atoms with E-state index in [1.54, 1.807) is 10.9 Å². The maximum Gasteiger partial charge on any atom is 0.263 e. The van der Waals surface area contributed by atoms with Crippen LogP contribution in [-0.2, 0) is 6.54 Å². The molecule has 1 N–H and O–H groups in total. The highest BCUT2D eigenvalue weighted by molar-refractivity contribution is 5.79. The second-order valence-corrected chi connectivity index (χ2v) is 4.69. The van der Waals surface area contributed by atoms with Crippen molar-refractivity contribution in [1.82, 2.24) is 14.5 Å². The van der Waals surface area contributed by atoms with Crippen molar-refractivity contribution in [1.29, 1.82) is 0 Å². The normalized spacial score (nSPS) is 11.6. The topological polar surface area (TPSA) is 50.7 Å². The van der Waals surface area contributed by atoms with E-state index in [0.717, 1.165) is 16.6 Å². The van der Waals surface area contributed by atoms with Crippen LogP contribution in [-0.4, -0.2) is 14.5 Å². The fraction of sp³-hybridized carbons (Fsp3) is 0.500. The van der Waals surface area contributed by atoms with Gasteiger partial charge in [-0.1, -0.05) is 13.8 Å². The molecule has 0 saturated carbocycles. The average Bonchev–Trinajstić information content (AvgIpc) is 2.48. The summed E-state index contributed by atoms with van der Waals surface area (Å²) in [5.74, 6) is 0.442. The van der Waals surface area contributed by atoms with E-state index >= 15 is 0 Å². The van der Waals surface area contributed by atoms with Gasteiger partial charge in [-0.2, -0.15) is 0 Å². The van der Waals surface area contributed by atoms with Gasteiger partial charge in [0.25, 0.3) is 5.56 Å². The smallest absolute Gasteiger partial charge is 0.263 e. The molecule has 0 saturated heterocycles. The summed E-state index contributed by atoms with van der Waals surface area (Å²) < 4.78 is 1.69. The molecular weight excluding hydrogens is 202 g/mol. The van der Waals surface area contributed by atoms with Crippen LogP contribution >= 0.6 is 0 Å². The Morgan fingerprint density at radius 3 is 2.75 bits per heavy atom. The van der Waals surface area contributed by atoms with Gasteiger partial charge in [0.1, 0.15) is 5.65 Å². The summed E-state index contributed by atoms with van der Waals surface area (Å²) in [6, 6.07) is 0. The number of hydrogen-bond acceptors (Lipinski definition) is 2. The van der Waals surface area contributed by atoms with Gasteiger partial charge in [-0.25, -0.2) is 4.98 Å². The molecular formula is C12H17N3O. The van der Waals surface area contributed by atoms with E-state index in [-0.39, 0.29) is 5.56 Å². The monoisotopic (exact) mass is 219 g/mol. The Labute approximate surface area is 94.3 Å². The van der Waals surface area contributed by atoms with Gasteiger partial charge in [0.2, 0.25) is 0 Å². The van der Waals surface area contributed by atoms with Crippen LogP contribution in [0.5, 0.6) is 0 Å². The molecule has 0 unspecified atom stereocenters. The molecule has 0 bridgehead atoms. The first-order chi connectivity index (χ1) is 7.50. The lowest BCUT2D eigenvalue weighted by Crippen LogP contribution is -2.22. The van der Waals surface area contributed by atoms with Crippen LogP contribution in [0, 0.1) is 19.8 Å². The van der Waals surface area contributed by atoms with E-state index in [0.29, 0.717) is 18.1 Å². The van der Waals surface area contributed by atoms with E-state index in [2.05, 4.69) is 23.8 Å². The molecule has 2 aromatic heterocycles. The summed E-state index contributed by atoms with van der Waals surface area (Å²) in [6.45, 7) is 8.81. The minimum absolute atomic E-state index is 0.0561. The van der Waals surface area contributed by atoms with E-state index in [1.807, 2.05) is 13.8 Å². The predicted octanol–water partition coefficient (Wildman–Crippen LogP) is 2.00. The zero-order valence-electron chi connectivity index (χ0n) is 10.2. The Bertz CT molecular complexity index is 578. The van der Waals surface area contributed by atoms with Gasteiger partial charge in [0, 0.05) is 12.2 Å². The van der Waals surface area contributed by atoms with Crippen LogP contribution in [0.4, 0.5) is 0 Å². The molecule has 2 heterocycles. The summed E-state index contributed by atoms with van der Waals surface area (Å²) in [5, 5.41) is 0.723. The lowest BCUT2D eigenvalue weighted by atomic mass is 10.2. The number of fused-ring (bicyclic) bond motifs is 1. The highest BCUT2D eigenvalue weighted by atomic mass is 16.1. The first kappa shape index (κ1) is 10.9. The highest BCUT2D eigenvalue weighted by Gasteiger charge is 2.11. The molecule has 2 rings (SSSR count). The van der Waals surface area contributed by atoms with Gasteiger partial charge in [0.15, 0.2) is 0 Å². The number of rotatable bonds is 2. The summed E-state index contributed by atoms with van der Waals surface area (Å²) in [7, 11) is 0. The lowest BCUT2D eigenvalue weighted by Gasteiger charge is -2.07. The van der Waals surface area contributed by atoms with Crippen LogP contribution in [0.25, 0.3) is 11.0 Å². The van der Waals surface area contributed by atoms with Crippen LogP contribution in [0.3, 0.4) is 0 Å². The average molecular weight is 219 g/mol. The molecule has 0 aliphatic carbocycles. The van der Waals surface area contributed by atoms with Crippen molar-refractivity contribution < 1.29 is 0 Å². The minimum Gasteiger partial charge on any atom is -0.343 e. The number of nitrogens with zero attached hydrogens (tertiary/aromatic N) is 2. The maximum atomic E-state index is 12.2. The maximum absolute atomic E-state index is 12.2. The minimum atomic E-state index is 0.0561. The number of nitrogens with one attached hydrogen (secondary N) is 1. The van der Waals surface area contributed by atoms with Gasteiger partial charge in [0.05, 0.1) is 11.7 Å². The highest BCUT2D eigenvalue weighted by Crippen LogP contribution is 2.15. The second kappa shape index (κ2) is 3.77. The van der Waals surface area contributed by atoms with Crippen molar-refractivity contribution in [2.45, 2.75) is 34.2 Å². The van der Waals surface area contributed by atoms with Gasteiger partial charge in [-0.3, -0.25) is 9.36 Å². The zero-order chi connectivity index (χ0) is 11.9. The van der Waals surface area contributed by atoms with E-state index in [9.17, 15) is 4.79 Å². The van der Waals surface area contributed by atoms with Crippen molar-refractivity contribution in [3.63, 3.8) is 0 Å². The van der Waals surface area contributed by atoms with Gasteiger partial charge in [-0.05, 0) is 25.3 Å². The number of hydrogen-bond donors (Lipinski definition) is 1. The van der Waals surface area contributed by atoms with Crippen LogP contribution in [0.15, 0.2) is 11.1 Å². The quantitative estimate of drug-likeness (QED) is 0.839. The SMILES string of the molecule is Cc1[nH]c2ncn(CC(C)C)c(=O)c2c1C. The van der Waals surface area contributed by atoms with Crippen molar-refractivity contribution in [2.24, 2.45) is 5.92 Å². The second-order valence-electron chi connectivity index (χ2n) is 4.69. The molecule has 86 valence electrons. The largest absolute Gasteiger partial charge is 0.343 e.